The smallest absolute Gasteiger partial charge is 0.341 e. The number of carbonyl (C=O) groups is 1. The third-order valence-electron chi connectivity index (χ3n) is 3.24. The van der Waals surface area contributed by atoms with Crippen molar-refractivity contribution in [2.75, 3.05) is 25.6 Å². The summed E-state index contributed by atoms with van der Waals surface area (Å²) >= 11 is 0. The average molecular weight is 304 g/mol. The molecule has 22 heavy (non-hydrogen) atoms. The van der Waals surface area contributed by atoms with Gasteiger partial charge in [0.25, 0.3) is 0 Å². The molecule has 0 fully saturated rings. The molecule has 0 radical (unpaired) electrons. The fourth-order valence-corrected chi connectivity index (χ4v) is 2.17. The summed E-state index contributed by atoms with van der Waals surface area (Å²) in [5.41, 5.74) is 1.57. The van der Waals surface area contributed by atoms with Crippen LogP contribution in [0.2, 0.25) is 0 Å². The molecule has 6 heteroatoms. The molecule has 0 spiro atoms. The topological polar surface area (TPSA) is 80.7 Å². The number of hydrogen-bond donors (Lipinski definition) is 2. The zero-order valence-corrected chi connectivity index (χ0v) is 12.9. The lowest BCUT2D eigenvalue weighted by Crippen LogP contribution is -2.22. The molecule has 0 aliphatic rings. The molecule has 2 rings (SSSR count). The van der Waals surface area contributed by atoms with Crippen LogP contribution in [0.15, 0.2) is 24.4 Å². The SMILES string of the molecule is CCOC(=O)c1cnc2c(OC)cccc2c1N[C@@H](C)CO. The lowest BCUT2D eigenvalue weighted by molar-refractivity contribution is 0.0527. The number of aliphatic hydroxyl groups excluding tert-OH is 1. The van der Waals surface area contributed by atoms with Gasteiger partial charge in [0.15, 0.2) is 0 Å². The van der Waals surface area contributed by atoms with Gasteiger partial charge in [0.2, 0.25) is 0 Å². The quantitative estimate of drug-likeness (QED) is 0.796. The average Bonchev–Trinajstić information content (AvgIpc) is 2.54. The summed E-state index contributed by atoms with van der Waals surface area (Å²) in [6.45, 7) is 3.79. The lowest BCUT2D eigenvalue weighted by Gasteiger charge is -2.18. The first-order valence-corrected chi connectivity index (χ1v) is 7.12. The van der Waals surface area contributed by atoms with Gasteiger partial charge in [0.1, 0.15) is 16.8 Å². The maximum Gasteiger partial charge on any atom is 0.341 e. The Labute approximate surface area is 129 Å². The Morgan fingerprint density at radius 2 is 2.23 bits per heavy atom. The molecule has 0 aliphatic heterocycles. The van der Waals surface area contributed by atoms with Crippen molar-refractivity contribution in [3.05, 3.63) is 30.0 Å². The number of carbonyl (C=O) groups excluding carboxylic acids is 1. The molecule has 118 valence electrons. The number of methoxy groups -OCH3 is 1. The molecule has 1 aromatic carbocycles. The molecule has 0 amide bonds. The van der Waals surface area contributed by atoms with E-state index in [1.807, 2.05) is 19.1 Å². The van der Waals surface area contributed by atoms with Crippen molar-refractivity contribution in [2.45, 2.75) is 19.9 Å². The Morgan fingerprint density at radius 1 is 1.45 bits per heavy atom. The molecule has 0 aliphatic carbocycles. The van der Waals surface area contributed by atoms with Gasteiger partial charge in [0, 0.05) is 17.6 Å². The predicted octanol–water partition coefficient (Wildman–Crippen LogP) is 2.21. The van der Waals surface area contributed by atoms with Gasteiger partial charge >= 0.3 is 5.97 Å². The molecule has 2 aromatic rings. The van der Waals surface area contributed by atoms with Crippen LogP contribution in [0.1, 0.15) is 24.2 Å². The first kappa shape index (κ1) is 16.0. The van der Waals surface area contributed by atoms with Crippen LogP contribution in [-0.4, -0.2) is 42.4 Å². The summed E-state index contributed by atoms with van der Waals surface area (Å²) in [6, 6.07) is 5.26. The highest BCUT2D eigenvalue weighted by Gasteiger charge is 2.19. The Bertz CT molecular complexity index is 672. The van der Waals surface area contributed by atoms with Gasteiger partial charge in [-0.1, -0.05) is 12.1 Å². The molecule has 1 aromatic heterocycles. The van der Waals surface area contributed by atoms with Gasteiger partial charge < -0.3 is 19.9 Å². The molecule has 0 bridgehead atoms. The summed E-state index contributed by atoms with van der Waals surface area (Å²) < 4.78 is 10.4. The number of pyridine rings is 1. The second-order valence-corrected chi connectivity index (χ2v) is 4.85. The molecule has 1 heterocycles. The number of para-hydroxylation sites is 1. The van der Waals surface area contributed by atoms with Crippen molar-refractivity contribution >= 4 is 22.6 Å². The normalized spacial score (nSPS) is 12.0. The van der Waals surface area contributed by atoms with Crippen LogP contribution in [0.25, 0.3) is 10.9 Å². The van der Waals surface area contributed by atoms with E-state index in [2.05, 4.69) is 10.3 Å². The fraction of sp³-hybridized carbons (Fsp3) is 0.375. The number of benzene rings is 1. The van der Waals surface area contributed by atoms with Gasteiger partial charge in [-0.15, -0.1) is 0 Å². The van der Waals surface area contributed by atoms with E-state index in [-0.39, 0.29) is 19.3 Å². The van der Waals surface area contributed by atoms with Crippen molar-refractivity contribution in [1.82, 2.24) is 4.98 Å². The number of aliphatic hydroxyl groups is 1. The highest BCUT2D eigenvalue weighted by atomic mass is 16.5. The Kier molecular flexibility index (Phi) is 5.16. The fourth-order valence-electron chi connectivity index (χ4n) is 2.17. The number of nitrogens with zero attached hydrogens (tertiary/aromatic N) is 1. The summed E-state index contributed by atoms with van der Waals surface area (Å²) in [5.74, 6) is 0.167. The Morgan fingerprint density at radius 3 is 2.86 bits per heavy atom. The van der Waals surface area contributed by atoms with Crippen LogP contribution in [0.5, 0.6) is 5.75 Å². The van der Waals surface area contributed by atoms with Crippen molar-refractivity contribution in [1.29, 1.82) is 0 Å². The summed E-state index contributed by atoms with van der Waals surface area (Å²) in [7, 11) is 1.57. The van der Waals surface area contributed by atoms with E-state index < -0.39 is 5.97 Å². The predicted molar refractivity (Wildman–Crippen MR) is 84.4 cm³/mol. The number of aromatic nitrogens is 1. The molecule has 6 nitrogen and oxygen atoms in total. The first-order valence-electron chi connectivity index (χ1n) is 7.12. The van der Waals surface area contributed by atoms with Gasteiger partial charge in [-0.3, -0.25) is 4.98 Å². The zero-order valence-electron chi connectivity index (χ0n) is 12.9. The van der Waals surface area contributed by atoms with E-state index in [9.17, 15) is 9.90 Å². The number of nitrogens with one attached hydrogen (secondary N) is 1. The molecular weight excluding hydrogens is 284 g/mol. The molecule has 0 saturated carbocycles. The maximum absolute atomic E-state index is 12.1. The standard InChI is InChI=1S/C16H20N2O4/c1-4-22-16(20)12-8-17-15-11(6-5-7-13(15)21-3)14(12)18-10(2)9-19/h5-8,10,19H,4,9H2,1-3H3,(H,17,18)/t10-/m0/s1. The summed E-state index contributed by atoms with van der Waals surface area (Å²) in [4.78, 5) is 16.5. The number of esters is 1. The van der Waals surface area contributed by atoms with Gasteiger partial charge in [-0.25, -0.2) is 4.79 Å². The molecule has 1 atom stereocenters. The third kappa shape index (κ3) is 3.12. The van der Waals surface area contributed by atoms with E-state index in [1.54, 1.807) is 20.1 Å². The van der Waals surface area contributed by atoms with Crippen LogP contribution in [0.3, 0.4) is 0 Å². The zero-order chi connectivity index (χ0) is 16.1. The number of ether oxygens (including phenoxy) is 2. The summed E-state index contributed by atoms with van der Waals surface area (Å²) in [6.07, 6.45) is 1.47. The van der Waals surface area contributed by atoms with E-state index >= 15 is 0 Å². The van der Waals surface area contributed by atoms with E-state index in [1.165, 1.54) is 6.20 Å². The summed E-state index contributed by atoms with van der Waals surface area (Å²) in [5, 5.41) is 13.2. The van der Waals surface area contributed by atoms with Crippen LogP contribution in [-0.2, 0) is 4.74 Å². The van der Waals surface area contributed by atoms with Gasteiger partial charge in [-0.05, 0) is 19.9 Å². The third-order valence-corrected chi connectivity index (χ3v) is 3.24. The monoisotopic (exact) mass is 304 g/mol. The van der Waals surface area contributed by atoms with Crippen LogP contribution in [0, 0.1) is 0 Å². The van der Waals surface area contributed by atoms with Crippen LogP contribution >= 0.6 is 0 Å². The first-order chi connectivity index (χ1) is 10.6. The van der Waals surface area contributed by atoms with Crippen molar-refractivity contribution in [2.24, 2.45) is 0 Å². The molecular formula is C16H20N2O4. The highest BCUT2D eigenvalue weighted by molar-refractivity contribution is 6.06. The minimum atomic E-state index is -0.452. The highest BCUT2D eigenvalue weighted by Crippen LogP contribution is 2.32. The van der Waals surface area contributed by atoms with Crippen molar-refractivity contribution in [3.63, 3.8) is 0 Å². The number of anilines is 1. The van der Waals surface area contributed by atoms with Crippen LogP contribution < -0.4 is 10.1 Å². The van der Waals surface area contributed by atoms with E-state index in [0.29, 0.717) is 22.5 Å². The number of rotatable bonds is 6. The maximum atomic E-state index is 12.1. The van der Waals surface area contributed by atoms with Gasteiger partial charge in [-0.2, -0.15) is 0 Å². The Hall–Kier alpha value is -2.34. The largest absolute Gasteiger partial charge is 0.494 e. The molecule has 0 unspecified atom stereocenters. The van der Waals surface area contributed by atoms with Crippen molar-refractivity contribution in [3.8, 4) is 5.75 Å². The number of hydrogen-bond acceptors (Lipinski definition) is 6. The van der Waals surface area contributed by atoms with Crippen LogP contribution in [0.4, 0.5) is 5.69 Å². The number of fused-ring (bicyclic) bond motifs is 1. The van der Waals surface area contributed by atoms with Gasteiger partial charge in [0.05, 0.1) is 26.0 Å². The molecule has 2 N–H and O–H groups in total. The Balaban J connectivity index is 2.64. The minimum Gasteiger partial charge on any atom is -0.494 e. The second kappa shape index (κ2) is 7.09. The minimum absolute atomic E-state index is 0.0595. The second-order valence-electron chi connectivity index (χ2n) is 4.85. The molecule has 0 saturated heterocycles. The van der Waals surface area contributed by atoms with E-state index in [4.69, 9.17) is 9.47 Å². The van der Waals surface area contributed by atoms with Crippen molar-refractivity contribution < 1.29 is 19.4 Å². The lowest BCUT2D eigenvalue weighted by atomic mass is 10.1. The van der Waals surface area contributed by atoms with E-state index in [0.717, 1.165) is 5.39 Å².